The van der Waals surface area contributed by atoms with Crippen LogP contribution in [0.5, 0.6) is 11.5 Å². The third kappa shape index (κ3) is 3.78. The Labute approximate surface area is 181 Å². The summed E-state index contributed by atoms with van der Waals surface area (Å²) < 4.78 is 11.9. The molecule has 11 heteroatoms. The summed E-state index contributed by atoms with van der Waals surface area (Å²) in [5.41, 5.74) is 1.90. The van der Waals surface area contributed by atoms with Gasteiger partial charge < -0.3 is 14.8 Å². The second-order valence-electron chi connectivity index (χ2n) is 6.75. The van der Waals surface area contributed by atoms with Gasteiger partial charge in [0.25, 0.3) is 11.6 Å². The number of methoxy groups -OCH3 is 2. The molecular formula is C21H18N6O5. The van der Waals surface area contributed by atoms with Crippen LogP contribution in [0.1, 0.15) is 16.2 Å². The molecule has 0 atom stereocenters. The molecule has 0 spiro atoms. The first-order valence-corrected chi connectivity index (χ1v) is 9.42. The number of nitrogens with one attached hydrogen (secondary N) is 1. The minimum Gasteiger partial charge on any atom is -0.493 e. The highest BCUT2D eigenvalue weighted by atomic mass is 16.6. The molecule has 1 amide bonds. The fourth-order valence-corrected chi connectivity index (χ4v) is 3.21. The Hall–Kier alpha value is -4.54. The Bertz CT molecular complexity index is 1350. The summed E-state index contributed by atoms with van der Waals surface area (Å²) in [6.07, 6.45) is 0. The van der Waals surface area contributed by atoms with Crippen molar-refractivity contribution in [3.05, 3.63) is 70.0 Å². The molecule has 0 unspecified atom stereocenters. The molecule has 0 aliphatic carbocycles. The van der Waals surface area contributed by atoms with E-state index in [9.17, 15) is 14.9 Å². The predicted molar refractivity (Wildman–Crippen MR) is 115 cm³/mol. The monoisotopic (exact) mass is 434 g/mol. The smallest absolute Gasteiger partial charge is 0.286 e. The number of rotatable bonds is 6. The van der Waals surface area contributed by atoms with Crippen molar-refractivity contribution in [2.24, 2.45) is 0 Å². The van der Waals surface area contributed by atoms with E-state index in [0.29, 0.717) is 22.9 Å². The Morgan fingerprint density at radius 3 is 2.53 bits per heavy atom. The molecule has 4 aromatic rings. The van der Waals surface area contributed by atoms with Gasteiger partial charge in [0.05, 0.1) is 30.9 Å². The average molecular weight is 434 g/mol. The number of hydrogen-bond acceptors (Lipinski definition) is 8. The fourth-order valence-electron chi connectivity index (χ4n) is 3.21. The van der Waals surface area contributed by atoms with Crippen LogP contribution in [0.25, 0.3) is 16.9 Å². The number of carbonyl (C=O) groups excluding carboxylic acids is 1. The summed E-state index contributed by atoms with van der Waals surface area (Å²) in [6, 6.07) is 13.0. The van der Waals surface area contributed by atoms with E-state index < -0.39 is 16.5 Å². The number of carbonyl (C=O) groups is 1. The molecule has 0 bridgehead atoms. The van der Waals surface area contributed by atoms with Crippen LogP contribution >= 0.6 is 0 Å². The number of fused-ring (bicyclic) bond motifs is 1. The lowest BCUT2D eigenvalue weighted by Gasteiger charge is -2.11. The molecule has 0 saturated heterocycles. The molecule has 0 aliphatic heterocycles. The zero-order chi connectivity index (χ0) is 22.8. The summed E-state index contributed by atoms with van der Waals surface area (Å²) in [4.78, 5) is 23.8. The van der Waals surface area contributed by atoms with Crippen molar-refractivity contribution in [3.8, 4) is 22.8 Å². The summed E-state index contributed by atoms with van der Waals surface area (Å²) in [7, 11) is 2.75. The second kappa shape index (κ2) is 8.30. The van der Waals surface area contributed by atoms with Crippen LogP contribution in [0.4, 0.5) is 11.4 Å². The molecule has 0 fully saturated rings. The number of nitrogens with zero attached hydrogens (tertiary/aromatic N) is 5. The van der Waals surface area contributed by atoms with E-state index in [1.807, 2.05) is 6.07 Å². The molecule has 0 aliphatic rings. The first kappa shape index (κ1) is 20.7. The maximum atomic E-state index is 12.9. The maximum Gasteiger partial charge on any atom is 0.286 e. The molecule has 32 heavy (non-hydrogen) atoms. The van der Waals surface area contributed by atoms with Crippen LogP contribution in [0.15, 0.2) is 48.5 Å². The van der Waals surface area contributed by atoms with Crippen LogP contribution in [0.2, 0.25) is 0 Å². The molecule has 2 heterocycles. The molecule has 2 aromatic carbocycles. The Balaban J connectivity index is 1.67. The summed E-state index contributed by atoms with van der Waals surface area (Å²) in [5, 5.41) is 26.7. The molecule has 4 rings (SSSR count). The third-order valence-electron chi connectivity index (χ3n) is 4.78. The lowest BCUT2D eigenvalue weighted by Crippen LogP contribution is -2.14. The average Bonchev–Trinajstić information content (AvgIpc) is 3.18. The van der Waals surface area contributed by atoms with Crippen molar-refractivity contribution in [1.82, 2.24) is 19.8 Å². The lowest BCUT2D eigenvalue weighted by molar-refractivity contribution is -0.385. The van der Waals surface area contributed by atoms with E-state index >= 15 is 0 Å². The van der Waals surface area contributed by atoms with Gasteiger partial charge in [0.1, 0.15) is 5.56 Å². The first-order chi connectivity index (χ1) is 15.4. The van der Waals surface area contributed by atoms with Gasteiger partial charge in [-0.1, -0.05) is 12.1 Å². The van der Waals surface area contributed by atoms with Crippen LogP contribution in [0.3, 0.4) is 0 Å². The summed E-state index contributed by atoms with van der Waals surface area (Å²) in [5.74, 6) is 0.349. The van der Waals surface area contributed by atoms with Crippen LogP contribution < -0.4 is 14.8 Å². The van der Waals surface area contributed by atoms with Gasteiger partial charge in [-0.15, -0.1) is 10.2 Å². The molecule has 162 valence electrons. The van der Waals surface area contributed by atoms with Gasteiger partial charge in [0, 0.05) is 17.3 Å². The highest BCUT2D eigenvalue weighted by molar-refractivity contribution is 6.07. The van der Waals surface area contributed by atoms with Gasteiger partial charge in [-0.05, 0) is 31.2 Å². The van der Waals surface area contributed by atoms with Gasteiger partial charge in [0.15, 0.2) is 23.0 Å². The fraction of sp³-hybridized carbons (Fsp3) is 0.143. The van der Waals surface area contributed by atoms with E-state index in [0.717, 1.165) is 11.6 Å². The largest absolute Gasteiger partial charge is 0.493 e. The molecule has 11 nitrogen and oxygen atoms in total. The molecule has 0 saturated carbocycles. The van der Waals surface area contributed by atoms with Gasteiger partial charge >= 0.3 is 0 Å². The Morgan fingerprint density at radius 1 is 1.06 bits per heavy atom. The number of hydrogen-bond donors (Lipinski definition) is 1. The second-order valence-corrected chi connectivity index (χ2v) is 6.75. The number of benzene rings is 2. The number of ether oxygens (including phenoxy) is 2. The van der Waals surface area contributed by atoms with Crippen molar-refractivity contribution in [1.29, 1.82) is 0 Å². The van der Waals surface area contributed by atoms with Gasteiger partial charge in [-0.3, -0.25) is 14.9 Å². The molecular weight excluding hydrogens is 416 g/mol. The van der Waals surface area contributed by atoms with Crippen molar-refractivity contribution < 1.29 is 19.2 Å². The Kier molecular flexibility index (Phi) is 5.37. The van der Waals surface area contributed by atoms with Crippen LogP contribution in [-0.2, 0) is 0 Å². The normalized spacial score (nSPS) is 10.7. The number of aryl methyl sites for hydroxylation is 1. The minimum absolute atomic E-state index is 0.155. The molecule has 0 radical (unpaired) electrons. The highest BCUT2D eigenvalue weighted by Crippen LogP contribution is 2.35. The zero-order valence-corrected chi connectivity index (χ0v) is 17.4. The lowest BCUT2D eigenvalue weighted by atomic mass is 10.1. The summed E-state index contributed by atoms with van der Waals surface area (Å²) >= 11 is 0. The minimum atomic E-state index is -0.659. The zero-order valence-electron chi connectivity index (χ0n) is 17.4. The number of nitro groups is 1. The van der Waals surface area contributed by atoms with Crippen LogP contribution in [-0.4, -0.2) is 44.9 Å². The van der Waals surface area contributed by atoms with Crippen molar-refractivity contribution in [3.63, 3.8) is 0 Å². The van der Waals surface area contributed by atoms with Gasteiger partial charge in [-0.2, -0.15) is 9.61 Å². The van der Waals surface area contributed by atoms with E-state index in [1.165, 1.54) is 20.3 Å². The van der Waals surface area contributed by atoms with E-state index in [-0.39, 0.29) is 17.1 Å². The Morgan fingerprint density at radius 2 is 1.81 bits per heavy atom. The van der Waals surface area contributed by atoms with E-state index in [2.05, 4.69) is 20.6 Å². The topological polar surface area (TPSA) is 134 Å². The van der Waals surface area contributed by atoms with Crippen molar-refractivity contribution in [2.75, 3.05) is 19.5 Å². The summed E-state index contributed by atoms with van der Waals surface area (Å²) in [6.45, 7) is 1.80. The quantitative estimate of drug-likeness (QED) is 0.361. The third-order valence-corrected chi connectivity index (χ3v) is 4.78. The molecule has 1 N–H and O–H groups in total. The van der Waals surface area contributed by atoms with Crippen molar-refractivity contribution >= 4 is 22.9 Å². The number of nitro benzene ring substituents is 1. The van der Waals surface area contributed by atoms with Crippen molar-refractivity contribution in [2.45, 2.75) is 6.92 Å². The molecule has 2 aromatic heterocycles. The maximum absolute atomic E-state index is 12.9. The highest BCUT2D eigenvalue weighted by Gasteiger charge is 2.24. The SMILES string of the molecule is COc1cc(C(=O)Nc2cccc(-c3ccc4nnc(C)n4n3)c2)c([N+](=O)[O-])cc1OC. The standard InChI is InChI=1S/C21H18N6O5/c1-12-23-24-20-8-7-16(25-26(12)20)13-5-4-6-14(9-13)22-21(28)15-10-18(31-2)19(32-3)11-17(15)27(29)30/h4-11H,1-3H3,(H,22,28). The predicted octanol–water partition coefficient (Wildman–Crippen LogP) is 3.28. The van der Waals surface area contributed by atoms with Gasteiger partial charge in [-0.25, -0.2) is 0 Å². The number of aromatic nitrogens is 4. The van der Waals surface area contributed by atoms with Gasteiger partial charge in [0.2, 0.25) is 0 Å². The number of amides is 1. The van der Waals surface area contributed by atoms with Crippen LogP contribution in [0, 0.1) is 17.0 Å². The first-order valence-electron chi connectivity index (χ1n) is 9.42. The van der Waals surface area contributed by atoms with E-state index in [1.54, 1.807) is 41.8 Å². The number of anilines is 1. The van der Waals surface area contributed by atoms with E-state index in [4.69, 9.17) is 9.47 Å².